The maximum absolute atomic E-state index is 12.0. The van der Waals surface area contributed by atoms with Crippen molar-refractivity contribution in [3.8, 4) is 0 Å². The van der Waals surface area contributed by atoms with E-state index in [0.29, 0.717) is 12.3 Å². The van der Waals surface area contributed by atoms with Crippen LogP contribution in [0.5, 0.6) is 0 Å². The number of likely N-dealkylation sites (tertiary alicyclic amines) is 1. The van der Waals surface area contributed by atoms with Crippen LogP contribution in [0, 0.1) is 5.92 Å². The van der Waals surface area contributed by atoms with Gasteiger partial charge in [0, 0.05) is 12.5 Å². The number of hydrogen-bond donors (Lipinski definition) is 0. The molecule has 0 aromatic rings. The molecule has 1 fully saturated rings. The number of ether oxygens (including phenoxy) is 1. The van der Waals surface area contributed by atoms with Crippen LogP contribution in [0.1, 0.15) is 53.9 Å². The molecule has 4 nitrogen and oxygen atoms in total. The summed E-state index contributed by atoms with van der Waals surface area (Å²) in [6.45, 7) is 9.37. The lowest BCUT2D eigenvalue weighted by atomic mass is 10.0. The van der Waals surface area contributed by atoms with E-state index in [4.69, 9.17) is 4.74 Å². The van der Waals surface area contributed by atoms with Gasteiger partial charge in [0.25, 0.3) is 0 Å². The van der Waals surface area contributed by atoms with Crippen LogP contribution in [0.15, 0.2) is 0 Å². The van der Waals surface area contributed by atoms with Gasteiger partial charge in [0.1, 0.15) is 5.60 Å². The Balaban J connectivity index is 2.78. The fourth-order valence-corrected chi connectivity index (χ4v) is 1.99. The van der Waals surface area contributed by atoms with E-state index < -0.39 is 11.7 Å². The average molecular weight is 241 g/mol. The second-order valence-electron chi connectivity index (χ2n) is 5.98. The molecule has 1 aliphatic rings. The third-order valence-corrected chi connectivity index (χ3v) is 2.90. The van der Waals surface area contributed by atoms with Crippen molar-refractivity contribution in [3.63, 3.8) is 0 Å². The van der Waals surface area contributed by atoms with Gasteiger partial charge >= 0.3 is 6.09 Å². The first kappa shape index (κ1) is 14.0. The van der Waals surface area contributed by atoms with Gasteiger partial charge in [-0.3, -0.25) is 4.79 Å². The van der Waals surface area contributed by atoms with E-state index in [-0.39, 0.29) is 11.9 Å². The fraction of sp³-hybridized carbons (Fsp3) is 0.846. The molecule has 1 saturated heterocycles. The van der Waals surface area contributed by atoms with Crippen molar-refractivity contribution in [2.24, 2.45) is 5.92 Å². The third kappa shape index (κ3) is 4.02. The number of amides is 2. The second-order valence-corrected chi connectivity index (χ2v) is 5.98. The highest BCUT2D eigenvalue weighted by atomic mass is 16.6. The first-order valence-corrected chi connectivity index (χ1v) is 6.25. The first-order chi connectivity index (χ1) is 7.70. The van der Waals surface area contributed by atoms with Crippen molar-refractivity contribution in [2.75, 3.05) is 0 Å². The van der Waals surface area contributed by atoms with Crippen molar-refractivity contribution < 1.29 is 14.3 Å². The predicted octanol–water partition coefficient (Wildman–Crippen LogP) is 2.96. The molecule has 1 heterocycles. The summed E-state index contributed by atoms with van der Waals surface area (Å²) in [4.78, 5) is 25.3. The summed E-state index contributed by atoms with van der Waals surface area (Å²) in [5, 5.41) is 0. The minimum atomic E-state index is -0.561. The SMILES string of the molecule is CC1CCC(C)N(C(=O)OC(C)(C)C)C(=O)C1. The molecular weight excluding hydrogens is 218 g/mol. The number of imide groups is 1. The van der Waals surface area contributed by atoms with Crippen LogP contribution in [-0.2, 0) is 9.53 Å². The molecule has 0 aromatic heterocycles. The Morgan fingerprint density at radius 3 is 2.41 bits per heavy atom. The van der Waals surface area contributed by atoms with E-state index in [1.54, 1.807) is 20.8 Å². The largest absolute Gasteiger partial charge is 0.443 e. The standard InChI is InChI=1S/C13H23NO3/c1-9-6-7-10(2)14(11(15)8-9)12(16)17-13(3,4)5/h9-10H,6-8H2,1-5H3. The van der Waals surface area contributed by atoms with Gasteiger partial charge < -0.3 is 4.74 Å². The molecule has 2 amide bonds. The maximum atomic E-state index is 12.0. The summed E-state index contributed by atoms with van der Waals surface area (Å²) in [6.07, 6.45) is 1.76. The van der Waals surface area contributed by atoms with Gasteiger partial charge in [-0.05, 0) is 46.5 Å². The zero-order valence-corrected chi connectivity index (χ0v) is 11.4. The monoisotopic (exact) mass is 241 g/mol. The molecule has 0 aromatic carbocycles. The van der Waals surface area contributed by atoms with Crippen molar-refractivity contribution in [1.29, 1.82) is 0 Å². The Hall–Kier alpha value is -1.06. The third-order valence-electron chi connectivity index (χ3n) is 2.90. The normalized spacial score (nSPS) is 26.6. The predicted molar refractivity (Wildman–Crippen MR) is 65.6 cm³/mol. The Morgan fingerprint density at radius 1 is 1.29 bits per heavy atom. The molecular formula is C13H23NO3. The van der Waals surface area contributed by atoms with Crippen molar-refractivity contribution in [3.05, 3.63) is 0 Å². The molecule has 0 bridgehead atoms. The molecule has 4 heteroatoms. The van der Waals surface area contributed by atoms with E-state index >= 15 is 0 Å². The van der Waals surface area contributed by atoms with Crippen LogP contribution in [0.3, 0.4) is 0 Å². The zero-order chi connectivity index (χ0) is 13.2. The van der Waals surface area contributed by atoms with Crippen LogP contribution in [0.4, 0.5) is 4.79 Å². The lowest BCUT2D eigenvalue weighted by Crippen LogP contribution is -2.45. The van der Waals surface area contributed by atoms with Gasteiger partial charge in [-0.15, -0.1) is 0 Å². The highest BCUT2D eigenvalue weighted by molar-refractivity contribution is 5.92. The van der Waals surface area contributed by atoms with Gasteiger partial charge in [-0.1, -0.05) is 6.92 Å². The van der Waals surface area contributed by atoms with Gasteiger partial charge in [0.05, 0.1) is 0 Å². The van der Waals surface area contributed by atoms with Crippen LogP contribution in [-0.4, -0.2) is 28.5 Å². The van der Waals surface area contributed by atoms with E-state index in [0.717, 1.165) is 12.8 Å². The lowest BCUT2D eigenvalue weighted by molar-refractivity contribution is -0.132. The number of nitrogens with zero attached hydrogens (tertiary/aromatic N) is 1. The van der Waals surface area contributed by atoms with Crippen LogP contribution in [0.25, 0.3) is 0 Å². The molecule has 2 atom stereocenters. The summed E-state index contributed by atoms with van der Waals surface area (Å²) in [6, 6.07) is -0.0673. The molecule has 0 spiro atoms. The number of rotatable bonds is 0. The molecule has 98 valence electrons. The molecule has 17 heavy (non-hydrogen) atoms. The number of carbonyl (C=O) groups is 2. The Bertz CT molecular complexity index is 306. The second kappa shape index (κ2) is 5.07. The summed E-state index contributed by atoms with van der Waals surface area (Å²) < 4.78 is 5.27. The van der Waals surface area contributed by atoms with Crippen LogP contribution < -0.4 is 0 Å². The van der Waals surface area contributed by atoms with Gasteiger partial charge in [0.2, 0.25) is 5.91 Å². The van der Waals surface area contributed by atoms with Crippen molar-refractivity contribution in [2.45, 2.75) is 65.5 Å². The van der Waals surface area contributed by atoms with Crippen molar-refractivity contribution >= 4 is 12.0 Å². The van der Waals surface area contributed by atoms with Gasteiger partial charge in [0.15, 0.2) is 0 Å². The molecule has 0 saturated carbocycles. The fourth-order valence-electron chi connectivity index (χ4n) is 1.99. The van der Waals surface area contributed by atoms with E-state index in [2.05, 4.69) is 0 Å². The topological polar surface area (TPSA) is 46.6 Å². The molecule has 0 N–H and O–H groups in total. The van der Waals surface area contributed by atoms with E-state index in [9.17, 15) is 9.59 Å². The maximum Gasteiger partial charge on any atom is 0.417 e. The Kier molecular flexibility index (Phi) is 4.17. The zero-order valence-electron chi connectivity index (χ0n) is 11.4. The smallest absolute Gasteiger partial charge is 0.417 e. The van der Waals surface area contributed by atoms with Gasteiger partial charge in [-0.25, -0.2) is 9.69 Å². The summed E-state index contributed by atoms with van der Waals surface area (Å²) in [7, 11) is 0. The lowest BCUT2D eigenvalue weighted by Gasteiger charge is -2.28. The van der Waals surface area contributed by atoms with E-state index in [1.165, 1.54) is 4.90 Å². The molecule has 1 rings (SSSR count). The summed E-state index contributed by atoms with van der Waals surface area (Å²) >= 11 is 0. The molecule has 0 aliphatic carbocycles. The number of carbonyl (C=O) groups excluding carboxylic acids is 2. The highest BCUT2D eigenvalue weighted by Crippen LogP contribution is 2.24. The summed E-state index contributed by atoms with van der Waals surface area (Å²) in [5.74, 6) is 0.231. The first-order valence-electron chi connectivity index (χ1n) is 6.25. The molecule has 2 unspecified atom stereocenters. The van der Waals surface area contributed by atoms with Gasteiger partial charge in [-0.2, -0.15) is 0 Å². The quantitative estimate of drug-likeness (QED) is 0.655. The highest BCUT2D eigenvalue weighted by Gasteiger charge is 2.33. The van der Waals surface area contributed by atoms with Crippen LogP contribution >= 0.6 is 0 Å². The summed E-state index contributed by atoms with van der Waals surface area (Å²) in [5.41, 5.74) is -0.561. The van der Waals surface area contributed by atoms with Crippen LogP contribution in [0.2, 0.25) is 0 Å². The van der Waals surface area contributed by atoms with E-state index in [1.807, 2.05) is 13.8 Å². The average Bonchev–Trinajstić information content (AvgIpc) is 2.22. The molecule has 1 aliphatic heterocycles. The Morgan fingerprint density at radius 2 is 1.88 bits per heavy atom. The minimum absolute atomic E-state index is 0.0673. The minimum Gasteiger partial charge on any atom is -0.443 e. The Labute approximate surface area is 103 Å². The number of hydrogen-bond acceptors (Lipinski definition) is 3. The van der Waals surface area contributed by atoms with Crippen molar-refractivity contribution in [1.82, 2.24) is 4.90 Å². The molecule has 0 radical (unpaired) electrons.